The van der Waals surface area contributed by atoms with E-state index in [0.29, 0.717) is 13.1 Å². The molecular formula is C13H18N6O2. The molecule has 3 rings (SSSR count). The fourth-order valence-corrected chi connectivity index (χ4v) is 2.77. The Morgan fingerprint density at radius 3 is 2.86 bits per heavy atom. The fraction of sp³-hybridized carbons (Fsp3) is 0.538. The molecule has 2 N–H and O–H groups in total. The van der Waals surface area contributed by atoms with E-state index in [2.05, 4.69) is 20.6 Å². The van der Waals surface area contributed by atoms with Crippen molar-refractivity contribution < 1.29 is 9.90 Å². The van der Waals surface area contributed by atoms with Gasteiger partial charge in [0.1, 0.15) is 0 Å². The highest BCUT2D eigenvalue weighted by molar-refractivity contribution is 5.86. The lowest BCUT2D eigenvalue weighted by atomic mass is 9.93. The monoisotopic (exact) mass is 290 g/mol. The van der Waals surface area contributed by atoms with Crippen molar-refractivity contribution in [3.05, 3.63) is 30.1 Å². The Hall–Kier alpha value is -2.22. The van der Waals surface area contributed by atoms with Gasteiger partial charge in [-0.05, 0) is 25.9 Å². The number of carboxylic acids is 1. The van der Waals surface area contributed by atoms with Crippen molar-refractivity contribution in [3.8, 4) is 0 Å². The number of carboxylic acid groups (broad SMARTS) is 1. The van der Waals surface area contributed by atoms with Gasteiger partial charge in [-0.1, -0.05) is 5.21 Å². The van der Waals surface area contributed by atoms with E-state index in [1.54, 1.807) is 17.2 Å². The first-order chi connectivity index (χ1) is 10.3. The van der Waals surface area contributed by atoms with Crippen LogP contribution in [0.5, 0.6) is 0 Å². The summed E-state index contributed by atoms with van der Waals surface area (Å²) in [5, 5.41) is 20.5. The molecule has 0 aliphatic carbocycles. The van der Waals surface area contributed by atoms with Gasteiger partial charge in [0.25, 0.3) is 0 Å². The predicted octanol–water partition coefficient (Wildman–Crippen LogP) is 0.340. The van der Waals surface area contributed by atoms with Gasteiger partial charge in [0.2, 0.25) is 0 Å². The van der Waals surface area contributed by atoms with E-state index in [1.807, 2.05) is 10.8 Å². The smallest absolute Gasteiger partial charge is 0.358 e. The molecule has 1 aliphatic heterocycles. The lowest BCUT2D eigenvalue weighted by Crippen LogP contribution is -2.29. The molecule has 8 heteroatoms. The predicted molar refractivity (Wildman–Crippen MR) is 74.1 cm³/mol. The highest BCUT2D eigenvalue weighted by Crippen LogP contribution is 2.27. The van der Waals surface area contributed by atoms with Gasteiger partial charge in [0.05, 0.1) is 18.6 Å². The maximum Gasteiger partial charge on any atom is 0.358 e. The van der Waals surface area contributed by atoms with Crippen LogP contribution in [-0.2, 0) is 13.1 Å². The largest absolute Gasteiger partial charge is 0.476 e. The molecule has 3 heterocycles. The Morgan fingerprint density at radius 1 is 1.38 bits per heavy atom. The average Bonchev–Trinajstić information content (AvgIpc) is 3.15. The number of piperidine rings is 1. The van der Waals surface area contributed by atoms with E-state index in [0.717, 1.165) is 31.6 Å². The minimum Gasteiger partial charge on any atom is -0.476 e. The molecule has 1 saturated heterocycles. The van der Waals surface area contributed by atoms with Crippen molar-refractivity contribution in [2.75, 3.05) is 13.1 Å². The number of hydrogen-bond donors (Lipinski definition) is 2. The number of hydrogen-bond acceptors (Lipinski definition) is 5. The highest BCUT2D eigenvalue weighted by atomic mass is 16.4. The van der Waals surface area contributed by atoms with E-state index >= 15 is 0 Å². The van der Waals surface area contributed by atoms with Crippen molar-refractivity contribution >= 4 is 5.97 Å². The molecular weight excluding hydrogens is 272 g/mol. The molecule has 1 aliphatic rings. The van der Waals surface area contributed by atoms with Crippen LogP contribution < -0.4 is 5.32 Å². The average molecular weight is 290 g/mol. The molecule has 2 aromatic rings. The zero-order valence-corrected chi connectivity index (χ0v) is 11.6. The van der Waals surface area contributed by atoms with Gasteiger partial charge in [0, 0.05) is 24.9 Å². The van der Waals surface area contributed by atoms with Crippen molar-refractivity contribution in [3.63, 3.8) is 0 Å². The minimum atomic E-state index is -1.00. The Kier molecular flexibility index (Phi) is 3.96. The third-order valence-electron chi connectivity index (χ3n) is 3.83. The second-order valence-corrected chi connectivity index (χ2v) is 5.18. The number of aromatic carboxylic acids is 1. The quantitative estimate of drug-likeness (QED) is 0.824. The van der Waals surface area contributed by atoms with Crippen LogP contribution >= 0.6 is 0 Å². The maximum atomic E-state index is 11.4. The maximum absolute atomic E-state index is 11.4. The molecule has 0 amide bonds. The van der Waals surface area contributed by atoms with Gasteiger partial charge in [0.15, 0.2) is 5.69 Å². The van der Waals surface area contributed by atoms with Crippen LogP contribution in [0.3, 0.4) is 0 Å². The summed E-state index contributed by atoms with van der Waals surface area (Å²) in [6.07, 6.45) is 7.16. The second kappa shape index (κ2) is 6.04. The summed E-state index contributed by atoms with van der Waals surface area (Å²) in [7, 11) is 0. The lowest BCUT2D eigenvalue weighted by molar-refractivity contribution is 0.0688. The summed E-state index contributed by atoms with van der Waals surface area (Å²) in [5.74, 6) is -0.799. The number of rotatable bonds is 5. The van der Waals surface area contributed by atoms with Gasteiger partial charge in [-0.2, -0.15) is 0 Å². The summed E-state index contributed by atoms with van der Waals surface area (Å²) in [6.45, 7) is 3.09. The standard InChI is InChI=1S/C13H18N6O2/c20-13(21)11-12(10-1-3-14-4-2-10)19(17-16-11)8-7-18-6-5-15-9-18/h5-6,9-10,14H,1-4,7-8H2,(H,20,21). The van der Waals surface area contributed by atoms with E-state index in [9.17, 15) is 9.90 Å². The molecule has 0 radical (unpaired) electrons. The SMILES string of the molecule is O=C(O)c1nnn(CCn2ccnc2)c1C1CCNCC1. The highest BCUT2D eigenvalue weighted by Gasteiger charge is 2.27. The Morgan fingerprint density at radius 2 is 2.19 bits per heavy atom. The van der Waals surface area contributed by atoms with Gasteiger partial charge < -0.3 is 15.0 Å². The molecule has 0 saturated carbocycles. The van der Waals surface area contributed by atoms with E-state index in [-0.39, 0.29) is 11.6 Å². The molecule has 0 spiro atoms. The number of nitrogens with zero attached hydrogens (tertiary/aromatic N) is 5. The molecule has 21 heavy (non-hydrogen) atoms. The number of nitrogens with one attached hydrogen (secondary N) is 1. The first kappa shape index (κ1) is 13.7. The summed E-state index contributed by atoms with van der Waals surface area (Å²) in [6, 6.07) is 0. The van der Waals surface area contributed by atoms with Gasteiger partial charge >= 0.3 is 5.97 Å². The van der Waals surface area contributed by atoms with Crippen LogP contribution in [0.2, 0.25) is 0 Å². The Balaban J connectivity index is 1.83. The topological polar surface area (TPSA) is 97.9 Å². The van der Waals surface area contributed by atoms with Crippen molar-refractivity contribution in [1.82, 2.24) is 29.9 Å². The van der Waals surface area contributed by atoms with Crippen LogP contribution in [0.25, 0.3) is 0 Å². The number of carbonyl (C=O) groups is 1. The van der Waals surface area contributed by atoms with Crippen molar-refractivity contribution in [1.29, 1.82) is 0 Å². The summed E-state index contributed by atoms with van der Waals surface area (Å²) in [4.78, 5) is 15.4. The molecule has 0 aromatic carbocycles. The molecule has 1 fully saturated rings. The summed E-state index contributed by atoms with van der Waals surface area (Å²) < 4.78 is 3.67. The summed E-state index contributed by atoms with van der Waals surface area (Å²) in [5.41, 5.74) is 0.844. The summed E-state index contributed by atoms with van der Waals surface area (Å²) >= 11 is 0. The normalized spacial score (nSPS) is 16.2. The lowest BCUT2D eigenvalue weighted by Gasteiger charge is -2.23. The van der Waals surface area contributed by atoms with Crippen LogP contribution in [-0.4, -0.2) is 48.7 Å². The zero-order chi connectivity index (χ0) is 14.7. The van der Waals surface area contributed by atoms with Crippen LogP contribution in [0.4, 0.5) is 0 Å². The fourth-order valence-electron chi connectivity index (χ4n) is 2.77. The van der Waals surface area contributed by atoms with Gasteiger partial charge in [-0.25, -0.2) is 14.5 Å². The van der Waals surface area contributed by atoms with Crippen LogP contribution in [0.1, 0.15) is 34.9 Å². The van der Waals surface area contributed by atoms with Crippen LogP contribution in [0, 0.1) is 0 Å². The number of aromatic nitrogens is 5. The molecule has 0 bridgehead atoms. The molecule has 2 aromatic heterocycles. The van der Waals surface area contributed by atoms with Crippen molar-refractivity contribution in [2.24, 2.45) is 0 Å². The molecule has 0 unspecified atom stereocenters. The van der Waals surface area contributed by atoms with Gasteiger partial charge in [-0.15, -0.1) is 5.10 Å². The molecule has 112 valence electrons. The van der Waals surface area contributed by atoms with E-state index in [4.69, 9.17) is 0 Å². The number of aryl methyl sites for hydroxylation is 2. The Labute approximate surface area is 121 Å². The third kappa shape index (κ3) is 2.94. The zero-order valence-electron chi connectivity index (χ0n) is 11.6. The van der Waals surface area contributed by atoms with E-state index in [1.165, 1.54) is 0 Å². The molecule has 8 nitrogen and oxygen atoms in total. The van der Waals surface area contributed by atoms with Crippen molar-refractivity contribution in [2.45, 2.75) is 31.8 Å². The Bertz CT molecular complexity index is 600. The van der Waals surface area contributed by atoms with Gasteiger partial charge in [-0.3, -0.25) is 0 Å². The number of imidazole rings is 1. The minimum absolute atomic E-state index is 0.0903. The van der Waals surface area contributed by atoms with E-state index < -0.39 is 5.97 Å². The van der Waals surface area contributed by atoms with Crippen LogP contribution in [0.15, 0.2) is 18.7 Å². The first-order valence-corrected chi connectivity index (χ1v) is 7.09. The second-order valence-electron chi connectivity index (χ2n) is 5.18. The first-order valence-electron chi connectivity index (χ1n) is 7.09. The third-order valence-corrected chi connectivity index (χ3v) is 3.83. The molecule has 0 atom stereocenters.